The van der Waals surface area contributed by atoms with Crippen molar-refractivity contribution in [3.05, 3.63) is 22.1 Å². The number of carbonyl (C=O) groups is 1. The number of hydrogen-bond acceptors (Lipinski definition) is 6. The molecule has 0 saturated heterocycles. The minimum absolute atomic E-state index is 0.168. The van der Waals surface area contributed by atoms with Gasteiger partial charge in [0, 0.05) is 17.5 Å². The van der Waals surface area contributed by atoms with Gasteiger partial charge in [-0.25, -0.2) is 4.98 Å². The van der Waals surface area contributed by atoms with E-state index in [0.717, 1.165) is 18.5 Å². The maximum Gasteiger partial charge on any atom is 0.326 e. The number of aromatic nitrogens is 2. The lowest BCUT2D eigenvalue weighted by Gasteiger charge is -2.25. The van der Waals surface area contributed by atoms with Crippen LogP contribution in [0.1, 0.15) is 32.9 Å². The molecule has 0 fully saturated rings. The predicted octanol–water partition coefficient (Wildman–Crippen LogP) is 1.36. The first-order valence-electron chi connectivity index (χ1n) is 7.04. The number of ether oxygens (including phenoxy) is 1. The molecule has 1 aromatic rings. The van der Waals surface area contributed by atoms with Gasteiger partial charge in [-0.2, -0.15) is 0 Å². The fourth-order valence-electron chi connectivity index (χ4n) is 1.67. The number of thioether (sulfide) groups is 1. The van der Waals surface area contributed by atoms with Gasteiger partial charge in [-0.3, -0.25) is 9.59 Å². The summed E-state index contributed by atoms with van der Waals surface area (Å²) in [7, 11) is 1.71. The number of nitrogens with zero attached hydrogens (tertiary/aromatic N) is 1. The number of H-pyrrole nitrogens is 1. The molecule has 1 rings (SSSR count). The van der Waals surface area contributed by atoms with E-state index in [1.54, 1.807) is 20.9 Å². The summed E-state index contributed by atoms with van der Waals surface area (Å²) in [5.74, 6) is 0.105. The number of carbonyl (C=O) groups excluding carboxylic acids is 1. The summed E-state index contributed by atoms with van der Waals surface area (Å²) in [6.07, 6.45) is 1.69. The molecule has 0 aromatic carbocycles. The molecule has 0 bridgehead atoms. The number of aromatic amines is 1. The molecule has 0 radical (unpaired) electrons. The minimum atomic E-state index is -0.819. The van der Waals surface area contributed by atoms with Crippen molar-refractivity contribution in [2.75, 3.05) is 19.4 Å². The molecule has 6 nitrogen and oxygen atoms in total. The van der Waals surface area contributed by atoms with Crippen LogP contribution < -0.4 is 10.9 Å². The molecule has 0 aliphatic heterocycles. The van der Waals surface area contributed by atoms with E-state index in [1.807, 2.05) is 6.92 Å². The van der Waals surface area contributed by atoms with Crippen molar-refractivity contribution in [1.29, 1.82) is 0 Å². The van der Waals surface area contributed by atoms with Crippen LogP contribution in [0.3, 0.4) is 0 Å². The molecule has 1 aromatic heterocycles. The van der Waals surface area contributed by atoms with E-state index in [1.165, 1.54) is 17.8 Å². The second-order valence-corrected chi connectivity index (χ2v) is 5.85. The largest absolute Gasteiger partial charge is 0.465 e. The highest BCUT2D eigenvalue weighted by Gasteiger charge is 2.33. The van der Waals surface area contributed by atoms with Crippen LogP contribution in [-0.4, -0.2) is 40.9 Å². The van der Waals surface area contributed by atoms with Crippen molar-refractivity contribution in [3.8, 4) is 0 Å². The standard InChI is InChI=1S/C14H23N3O3S/c1-5-7-10-8-11(18)17-13(16-10)21-9-14(3,15-4)12(19)20-6-2/h8,15H,5-7,9H2,1-4H3,(H,16,17,18). The van der Waals surface area contributed by atoms with Gasteiger partial charge in [0.05, 0.1) is 6.61 Å². The Morgan fingerprint density at radius 1 is 1.52 bits per heavy atom. The summed E-state index contributed by atoms with van der Waals surface area (Å²) in [6.45, 7) is 5.91. The van der Waals surface area contributed by atoms with Gasteiger partial charge < -0.3 is 15.0 Å². The molecule has 0 saturated carbocycles. The number of likely N-dealkylation sites (N-methyl/N-ethyl adjacent to an activating group) is 1. The van der Waals surface area contributed by atoms with Gasteiger partial charge in [-0.1, -0.05) is 25.1 Å². The van der Waals surface area contributed by atoms with Crippen LogP contribution in [0, 0.1) is 0 Å². The van der Waals surface area contributed by atoms with Crippen LogP contribution in [0.25, 0.3) is 0 Å². The molecular formula is C14H23N3O3S. The molecule has 1 unspecified atom stereocenters. The maximum atomic E-state index is 12.0. The zero-order valence-electron chi connectivity index (χ0n) is 13.0. The Morgan fingerprint density at radius 3 is 2.81 bits per heavy atom. The highest BCUT2D eigenvalue weighted by atomic mass is 32.2. The number of rotatable bonds is 8. The fourth-order valence-corrected chi connectivity index (χ4v) is 2.71. The van der Waals surface area contributed by atoms with Crippen LogP contribution >= 0.6 is 11.8 Å². The van der Waals surface area contributed by atoms with Crippen molar-refractivity contribution in [1.82, 2.24) is 15.3 Å². The van der Waals surface area contributed by atoms with Crippen molar-refractivity contribution < 1.29 is 9.53 Å². The van der Waals surface area contributed by atoms with Crippen LogP contribution in [0.5, 0.6) is 0 Å². The summed E-state index contributed by atoms with van der Waals surface area (Å²) in [4.78, 5) is 30.6. The summed E-state index contributed by atoms with van der Waals surface area (Å²) < 4.78 is 5.07. The third kappa shape index (κ3) is 5.17. The maximum absolute atomic E-state index is 12.0. The van der Waals surface area contributed by atoms with Gasteiger partial charge in [0.2, 0.25) is 0 Å². The summed E-state index contributed by atoms with van der Waals surface area (Å²) >= 11 is 1.33. The van der Waals surface area contributed by atoms with Crippen molar-refractivity contribution in [2.45, 2.75) is 44.3 Å². The number of aryl methyl sites for hydroxylation is 1. The van der Waals surface area contributed by atoms with Gasteiger partial charge >= 0.3 is 5.97 Å². The Morgan fingerprint density at radius 2 is 2.24 bits per heavy atom. The molecule has 118 valence electrons. The topological polar surface area (TPSA) is 84.1 Å². The van der Waals surface area contributed by atoms with Gasteiger partial charge in [0.15, 0.2) is 5.16 Å². The quantitative estimate of drug-likeness (QED) is 0.428. The Hall–Kier alpha value is -1.34. The van der Waals surface area contributed by atoms with Crippen LogP contribution in [0.15, 0.2) is 16.0 Å². The summed E-state index contributed by atoms with van der Waals surface area (Å²) in [5, 5.41) is 3.50. The van der Waals surface area contributed by atoms with Crippen LogP contribution in [-0.2, 0) is 16.0 Å². The highest BCUT2D eigenvalue weighted by molar-refractivity contribution is 7.99. The Kier molecular flexibility index (Phi) is 6.91. The average Bonchev–Trinajstić information content (AvgIpc) is 2.45. The second kappa shape index (κ2) is 8.19. The molecule has 7 heteroatoms. The van der Waals surface area contributed by atoms with Crippen molar-refractivity contribution in [3.63, 3.8) is 0 Å². The molecule has 1 heterocycles. The molecular weight excluding hydrogens is 290 g/mol. The Balaban J connectivity index is 2.81. The normalized spacial score (nSPS) is 13.7. The minimum Gasteiger partial charge on any atom is -0.465 e. The summed E-state index contributed by atoms with van der Waals surface area (Å²) in [6, 6.07) is 1.51. The molecule has 0 aliphatic rings. The fraction of sp³-hybridized carbons (Fsp3) is 0.643. The van der Waals surface area contributed by atoms with Gasteiger partial charge in [-0.15, -0.1) is 0 Å². The molecule has 0 amide bonds. The molecule has 2 N–H and O–H groups in total. The number of hydrogen-bond donors (Lipinski definition) is 2. The van der Waals surface area contributed by atoms with Crippen molar-refractivity contribution in [2.24, 2.45) is 0 Å². The van der Waals surface area contributed by atoms with E-state index in [-0.39, 0.29) is 11.5 Å². The van der Waals surface area contributed by atoms with E-state index in [9.17, 15) is 9.59 Å². The van der Waals surface area contributed by atoms with Crippen LogP contribution in [0.2, 0.25) is 0 Å². The number of esters is 1. The van der Waals surface area contributed by atoms with Crippen LogP contribution in [0.4, 0.5) is 0 Å². The third-order valence-corrected chi connectivity index (χ3v) is 4.24. The van der Waals surface area contributed by atoms with Gasteiger partial charge in [0.1, 0.15) is 5.54 Å². The van der Waals surface area contributed by atoms with E-state index >= 15 is 0 Å². The number of nitrogens with one attached hydrogen (secondary N) is 2. The molecule has 1 atom stereocenters. The molecule has 0 spiro atoms. The molecule has 0 aliphatic carbocycles. The zero-order valence-corrected chi connectivity index (χ0v) is 13.8. The zero-order chi connectivity index (χ0) is 15.9. The van der Waals surface area contributed by atoms with E-state index in [4.69, 9.17) is 4.74 Å². The highest BCUT2D eigenvalue weighted by Crippen LogP contribution is 2.20. The SMILES string of the molecule is CCCc1cc(=O)[nH]c(SCC(C)(NC)C(=O)OCC)n1. The Labute approximate surface area is 129 Å². The van der Waals surface area contributed by atoms with E-state index < -0.39 is 5.54 Å². The predicted molar refractivity (Wildman–Crippen MR) is 83.7 cm³/mol. The smallest absolute Gasteiger partial charge is 0.326 e. The average molecular weight is 313 g/mol. The Bertz CT molecular complexity index is 532. The van der Waals surface area contributed by atoms with E-state index in [0.29, 0.717) is 17.5 Å². The first-order chi connectivity index (χ1) is 9.95. The monoisotopic (exact) mass is 313 g/mol. The van der Waals surface area contributed by atoms with Gasteiger partial charge in [-0.05, 0) is 27.3 Å². The first-order valence-corrected chi connectivity index (χ1v) is 8.03. The van der Waals surface area contributed by atoms with Gasteiger partial charge in [0.25, 0.3) is 5.56 Å². The lowest BCUT2D eigenvalue weighted by molar-refractivity contribution is -0.149. The summed E-state index contributed by atoms with van der Waals surface area (Å²) in [5.41, 5.74) is -0.218. The third-order valence-electron chi connectivity index (χ3n) is 3.05. The first kappa shape index (κ1) is 17.7. The van der Waals surface area contributed by atoms with Crippen molar-refractivity contribution >= 4 is 17.7 Å². The second-order valence-electron chi connectivity index (χ2n) is 4.88. The van der Waals surface area contributed by atoms with E-state index in [2.05, 4.69) is 15.3 Å². The lowest BCUT2D eigenvalue weighted by atomic mass is 10.1. The molecule has 21 heavy (non-hydrogen) atoms. The lowest BCUT2D eigenvalue weighted by Crippen LogP contribution is -2.50.